The predicted octanol–water partition coefficient (Wildman–Crippen LogP) is 4.17. The first kappa shape index (κ1) is 18.2. The number of carbonyl (C=O) groups is 1. The van der Waals surface area contributed by atoms with Crippen LogP contribution in [0.3, 0.4) is 0 Å². The highest BCUT2D eigenvalue weighted by Gasteiger charge is 2.15. The summed E-state index contributed by atoms with van der Waals surface area (Å²) in [6.45, 7) is 0. The van der Waals surface area contributed by atoms with Gasteiger partial charge in [0.2, 0.25) is 5.95 Å². The van der Waals surface area contributed by atoms with Gasteiger partial charge in [0.05, 0.1) is 11.3 Å². The van der Waals surface area contributed by atoms with Crippen molar-refractivity contribution in [3.05, 3.63) is 77.4 Å². The van der Waals surface area contributed by atoms with Crippen LogP contribution >= 0.6 is 0 Å². The fraction of sp³-hybridized carbons (Fsp3) is 0. The lowest BCUT2D eigenvalue weighted by molar-refractivity contribution is 0.102. The Morgan fingerprint density at radius 2 is 1.48 bits per heavy atom. The summed E-state index contributed by atoms with van der Waals surface area (Å²) in [7, 11) is 0. The summed E-state index contributed by atoms with van der Waals surface area (Å²) in [6, 6.07) is 4.50. The molecule has 0 aliphatic rings. The minimum absolute atomic E-state index is 0.0185. The minimum atomic E-state index is -1.65. The third-order valence-electron chi connectivity index (χ3n) is 3.37. The molecule has 1 heterocycles. The molecule has 27 heavy (non-hydrogen) atoms. The van der Waals surface area contributed by atoms with Gasteiger partial charge in [0.25, 0.3) is 5.91 Å². The largest absolute Gasteiger partial charge is 0.322 e. The summed E-state index contributed by atoms with van der Waals surface area (Å²) in [5.41, 5.74) is -0.408. The Kier molecular flexibility index (Phi) is 4.97. The zero-order valence-corrected chi connectivity index (χ0v) is 13.2. The highest BCUT2D eigenvalue weighted by molar-refractivity contribution is 6.03. The quantitative estimate of drug-likeness (QED) is 0.527. The Hall–Kier alpha value is -3.56. The second-order valence-electron chi connectivity index (χ2n) is 5.23. The van der Waals surface area contributed by atoms with Crippen LogP contribution in [0.2, 0.25) is 0 Å². The maximum absolute atomic E-state index is 13.6. The number of rotatable bonds is 4. The van der Waals surface area contributed by atoms with E-state index in [2.05, 4.69) is 20.6 Å². The van der Waals surface area contributed by atoms with Gasteiger partial charge >= 0.3 is 0 Å². The smallest absolute Gasteiger partial charge is 0.258 e. The maximum Gasteiger partial charge on any atom is 0.258 e. The van der Waals surface area contributed by atoms with Crippen molar-refractivity contribution < 1.29 is 26.7 Å². The van der Waals surface area contributed by atoms with E-state index in [4.69, 9.17) is 0 Å². The van der Waals surface area contributed by atoms with Crippen LogP contribution in [0.1, 0.15) is 10.4 Å². The molecule has 138 valence electrons. The first-order chi connectivity index (χ1) is 12.8. The van der Waals surface area contributed by atoms with Gasteiger partial charge in [0, 0.05) is 24.1 Å². The van der Waals surface area contributed by atoms with Crippen molar-refractivity contribution in [3.8, 4) is 0 Å². The number of amides is 1. The van der Waals surface area contributed by atoms with Crippen LogP contribution in [0, 0.1) is 29.1 Å². The van der Waals surface area contributed by atoms with Gasteiger partial charge in [-0.25, -0.2) is 31.9 Å². The number of nitrogens with one attached hydrogen (secondary N) is 2. The molecule has 10 heteroatoms. The Bertz CT molecular complexity index is 1010. The van der Waals surface area contributed by atoms with Crippen molar-refractivity contribution in [2.75, 3.05) is 10.6 Å². The van der Waals surface area contributed by atoms with E-state index in [1.807, 2.05) is 0 Å². The molecule has 1 amide bonds. The molecule has 0 bridgehead atoms. The van der Waals surface area contributed by atoms with Crippen molar-refractivity contribution >= 4 is 23.2 Å². The minimum Gasteiger partial charge on any atom is -0.322 e. The van der Waals surface area contributed by atoms with E-state index < -0.39 is 40.7 Å². The Morgan fingerprint density at radius 3 is 2.15 bits per heavy atom. The number of aromatic nitrogens is 2. The van der Waals surface area contributed by atoms with Crippen LogP contribution in [-0.2, 0) is 0 Å². The molecule has 0 aliphatic heterocycles. The molecule has 0 radical (unpaired) electrons. The zero-order chi connectivity index (χ0) is 19.6. The number of hydrogen-bond donors (Lipinski definition) is 2. The van der Waals surface area contributed by atoms with Crippen molar-refractivity contribution in [2.45, 2.75) is 0 Å². The predicted molar refractivity (Wildman–Crippen MR) is 85.9 cm³/mol. The van der Waals surface area contributed by atoms with Crippen LogP contribution in [0.5, 0.6) is 0 Å². The Balaban J connectivity index is 1.72. The molecule has 1 aromatic heterocycles. The topological polar surface area (TPSA) is 66.9 Å². The molecule has 0 unspecified atom stereocenters. The summed E-state index contributed by atoms with van der Waals surface area (Å²) in [5.74, 6) is -7.51. The highest BCUT2D eigenvalue weighted by atomic mass is 19.2. The lowest BCUT2D eigenvalue weighted by atomic mass is 10.2. The summed E-state index contributed by atoms with van der Waals surface area (Å²) in [6.07, 6.45) is 2.14. The third kappa shape index (κ3) is 4.00. The lowest BCUT2D eigenvalue weighted by Crippen LogP contribution is -2.13. The van der Waals surface area contributed by atoms with E-state index in [-0.39, 0.29) is 17.2 Å². The van der Waals surface area contributed by atoms with Crippen LogP contribution in [0.4, 0.5) is 39.3 Å². The second kappa shape index (κ2) is 7.36. The van der Waals surface area contributed by atoms with E-state index in [9.17, 15) is 26.7 Å². The third-order valence-corrected chi connectivity index (χ3v) is 3.37. The number of benzene rings is 2. The van der Waals surface area contributed by atoms with Gasteiger partial charge in [-0.15, -0.1) is 0 Å². The number of carbonyl (C=O) groups excluding carboxylic acids is 1. The molecule has 0 saturated heterocycles. The van der Waals surface area contributed by atoms with Gasteiger partial charge in [0.1, 0.15) is 0 Å². The zero-order valence-electron chi connectivity index (χ0n) is 13.2. The average Bonchev–Trinajstić information content (AvgIpc) is 2.66. The number of halogens is 5. The molecule has 3 rings (SSSR count). The van der Waals surface area contributed by atoms with Gasteiger partial charge in [-0.3, -0.25) is 4.79 Å². The van der Waals surface area contributed by atoms with Gasteiger partial charge < -0.3 is 10.6 Å². The molecule has 0 saturated carbocycles. The monoisotopic (exact) mass is 380 g/mol. The van der Waals surface area contributed by atoms with Crippen LogP contribution in [-0.4, -0.2) is 15.9 Å². The number of nitrogens with zero attached hydrogens (tertiary/aromatic N) is 2. The summed E-state index contributed by atoms with van der Waals surface area (Å²) in [4.78, 5) is 19.6. The van der Waals surface area contributed by atoms with E-state index in [1.54, 1.807) is 0 Å². The molecule has 0 fully saturated rings. The molecular weight excluding hydrogens is 371 g/mol. The standard InChI is InChI=1S/C17H9F5N4O/c18-10-2-1-9(5-12(10)20)25-16(27)8-6-23-17(24-7-8)26-13-4-3-11(19)14(21)15(13)22/h1-7H,(H,25,27)(H,23,24,26). The number of hydrogen-bond acceptors (Lipinski definition) is 4. The molecule has 0 aliphatic carbocycles. The average molecular weight is 380 g/mol. The van der Waals surface area contributed by atoms with Crippen LogP contribution < -0.4 is 10.6 Å². The van der Waals surface area contributed by atoms with Gasteiger partial charge in [0.15, 0.2) is 29.1 Å². The Morgan fingerprint density at radius 1 is 0.815 bits per heavy atom. The molecule has 3 aromatic rings. The van der Waals surface area contributed by atoms with Crippen molar-refractivity contribution in [1.82, 2.24) is 9.97 Å². The van der Waals surface area contributed by atoms with Crippen molar-refractivity contribution in [1.29, 1.82) is 0 Å². The van der Waals surface area contributed by atoms with E-state index in [0.717, 1.165) is 36.7 Å². The number of anilines is 3. The van der Waals surface area contributed by atoms with Crippen molar-refractivity contribution in [2.24, 2.45) is 0 Å². The molecule has 0 spiro atoms. The van der Waals surface area contributed by atoms with E-state index in [0.29, 0.717) is 0 Å². The lowest BCUT2D eigenvalue weighted by Gasteiger charge is -2.08. The van der Waals surface area contributed by atoms with Crippen LogP contribution in [0.25, 0.3) is 0 Å². The molecular formula is C17H9F5N4O. The van der Waals surface area contributed by atoms with Crippen molar-refractivity contribution in [3.63, 3.8) is 0 Å². The normalized spacial score (nSPS) is 10.6. The Labute approximate surface area is 148 Å². The molecule has 0 atom stereocenters. The van der Waals surface area contributed by atoms with Crippen LogP contribution in [0.15, 0.2) is 42.7 Å². The maximum atomic E-state index is 13.6. The molecule has 2 N–H and O–H groups in total. The summed E-state index contributed by atoms with van der Waals surface area (Å²) >= 11 is 0. The molecule has 2 aromatic carbocycles. The van der Waals surface area contributed by atoms with E-state index in [1.165, 1.54) is 6.07 Å². The van der Waals surface area contributed by atoms with Gasteiger partial charge in [-0.1, -0.05) is 0 Å². The van der Waals surface area contributed by atoms with Gasteiger partial charge in [-0.2, -0.15) is 0 Å². The fourth-order valence-corrected chi connectivity index (χ4v) is 2.03. The summed E-state index contributed by atoms with van der Waals surface area (Å²) in [5, 5.41) is 4.66. The SMILES string of the molecule is O=C(Nc1ccc(F)c(F)c1)c1cnc(Nc2ccc(F)c(F)c2F)nc1. The second-order valence-corrected chi connectivity index (χ2v) is 5.23. The van der Waals surface area contributed by atoms with E-state index >= 15 is 0 Å². The highest BCUT2D eigenvalue weighted by Crippen LogP contribution is 2.22. The molecule has 5 nitrogen and oxygen atoms in total. The first-order valence-corrected chi connectivity index (χ1v) is 7.34. The van der Waals surface area contributed by atoms with Gasteiger partial charge in [-0.05, 0) is 24.3 Å². The summed E-state index contributed by atoms with van der Waals surface area (Å²) < 4.78 is 65.7. The first-order valence-electron chi connectivity index (χ1n) is 7.34. The fourth-order valence-electron chi connectivity index (χ4n) is 2.03.